The van der Waals surface area contributed by atoms with Crippen molar-refractivity contribution in [1.82, 2.24) is 4.90 Å². The highest BCUT2D eigenvalue weighted by Crippen LogP contribution is 2.62. The van der Waals surface area contributed by atoms with Crippen LogP contribution < -0.4 is 0 Å². The van der Waals surface area contributed by atoms with Gasteiger partial charge in [-0.15, -0.1) is 0 Å². The van der Waals surface area contributed by atoms with Crippen LogP contribution in [0.4, 0.5) is 0 Å². The molecule has 1 unspecified atom stereocenters. The molecule has 4 atom stereocenters. The number of hydrogen-bond donors (Lipinski definition) is 0. The van der Waals surface area contributed by atoms with Crippen molar-refractivity contribution in [2.45, 2.75) is 31.0 Å². The lowest BCUT2D eigenvalue weighted by atomic mass is 9.83. The quantitative estimate of drug-likeness (QED) is 0.689. The molecule has 3 heterocycles. The van der Waals surface area contributed by atoms with E-state index >= 15 is 0 Å². The van der Waals surface area contributed by atoms with Crippen LogP contribution in [0.15, 0.2) is 30.3 Å². The number of esters is 1. The van der Waals surface area contributed by atoms with Crippen molar-refractivity contribution in [2.24, 2.45) is 5.92 Å². The fourth-order valence-electron chi connectivity index (χ4n) is 3.98. The van der Waals surface area contributed by atoms with Gasteiger partial charge in [-0.3, -0.25) is 0 Å². The smallest absolute Gasteiger partial charge is 0.328 e. The minimum Gasteiger partial charge on any atom is -0.438 e. The van der Waals surface area contributed by atoms with E-state index in [0.717, 1.165) is 24.9 Å². The maximum absolute atomic E-state index is 12.1. The Morgan fingerprint density at radius 3 is 2.82 bits per heavy atom. The summed E-state index contributed by atoms with van der Waals surface area (Å²) in [5, 5.41) is 0. The number of rotatable bonds is 1. The van der Waals surface area contributed by atoms with Crippen LogP contribution in [-0.4, -0.2) is 23.0 Å². The van der Waals surface area contributed by atoms with Crippen molar-refractivity contribution >= 4 is 5.97 Å². The summed E-state index contributed by atoms with van der Waals surface area (Å²) in [7, 11) is 0. The van der Waals surface area contributed by atoms with Gasteiger partial charge in [0.2, 0.25) is 0 Å². The SMILES string of the molecule is C[C@]12C(=O)O[C@]3(c4ccccc4)C[C@@H]1CCN32. The summed E-state index contributed by atoms with van der Waals surface area (Å²) in [6.45, 7) is 3.02. The molecule has 0 aliphatic carbocycles. The zero-order chi connectivity index (χ0) is 11.7. The van der Waals surface area contributed by atoms with E-state index < -0.39 is 5.72 Å². The number of piperidine rings is 1. The van der Waals surface area contributed by atoms with Gasteiger partial charge in [0.15, 0.2) is 5.72 Å². The third-order valence-electron chi connectivity index (χ3n) is 4.92. The number of nitrogens with zero attached hydrogens (tertiary/aromatic N) is 1. The van der Waals surface area contributed by atoms with Crippen LogP contribution in [-0.2, 0) is 15.3 Å². The van der Waals surface area contributed by atoms with E-state index in [1.165, 1.54) is 0 Å². The van der Waals surface area contributed by atoms with Gasteiger partial charge in [-0.1, -0.05) is 30.3 Å². The topological polar surface area (TPSA) is 29.5 Å². The van der Waals surface area contributed by atoms with E-state index in [0.29, 0.717) is 5.92 Å². The van der Waals surface area contributed by atoms with Crippen LogP contribution in [0.25, 0.3) is 0 Å². The van der Waals surface area contributed by atoms with Crippen LogP contribution in [0.2, 0.25) is 0 Å². The Kier molecular flexibility index (Phi) is 1.55. The summed E-state index contributed by atoms with van der Waals surface area (Å²) in [5.74, 6) is 0.430. The van der Waals surface area contributed by atoms with Crippen LogP contribution in [0.3, 0.4) is 0 Å². The molecule has 3 saturated heterocycles. The molecule has 4 bridgehead atoms. The maximum Gasteiger partial charge on any atom is 0.328 e. The molecule has 1 aromatic rings. The second-order valence-electron chi connectivity index (χ2n) is 5.53. The van der Waals surface area contributed by atoms with E-state index in [-0.39, 0.29) is 11.5 Å². The molecular formula is C14H15NO2. The van der Waals surface area contributed by atoms with Gasteiger partial charge < -0.3 is 4.74 Å². The highest BCUT2D eigenvalue weighted by Gasteiger charge is 2.73. The summed E-state index contributed by atoms with van der Waals surface area (Å²) in [4.78, 5) is 14.4. The van der Waals surface area contributed by atoms with E-state index in [9.17, 15) is 4.79 Å². The lowest BCUT2D eigenvalue weighted by Gasteiger charge is -2.35. The first kappa shape index (κ1) is 9.66. The standard InChI is InChI=1S/C14H15NO2/c1-13-11-7-8-15(13)14(9-11,17-12(13)16)10-5-3-2-4-6-10/h2-6,11H,7-9H2,1H3/t11-,13+,14-/m0/s1. The summed E-state index contributed by atoms with van der Waals surface area (Å²) in [6.07, 6.45) is 2.08. The Hall–Kier alpha value is -1.35. The molecule has 3 aliphatic rings. The number of carbonyl (C=O) groups is 1. The highest BCUT2D eigenvalue weighted by atomic mass is 16.6. The van der Waals surface area contributed by atoms with E-state index in [4.69, 9.17) is 4.74 Å². The predicted molar refractivity (Wildman–Crippen MR) is 62.0 cm³/mol. The summed E-state index contributed by atoms with van der Waals surface area (Å²) in [5.41, 5.74) is 0.297. The monoisotopic (exact) mass is 229 g/mol. The molecule has 0 N–H and O–H groups in total. The van der Waals surface area contributed by atoms with Gasteiger partial charge in [-0.05, 0) is 19.3 Å². The van der Waals surface area contributed by atoms with Crippen LogP contribution in [0.1, 0.15) is 25.3 Å². The van der Waals surface area contributed by atoms with Gasteiger partial charge in [0.25, 0.3) is 0 Å². The zero-order valence-corrected chi connectivity index (χ0v) is 9.85. The van der Waals surface area contributed by atoms with Gasteiger partial charge in [0.1, 0.15) is 5.54 Å². The van der Waals surface area contributed by atoms with Crippen LogP contribution in [0, 0.1) is 5.92 Å². The average Bonchev–Trinajstić information content (AvgIpc) is 2.89. The zero-order valence-electron chi connectivity index (χ0n) is 9.85. The molecule has 1 aromatic carbocycles. The van der Waals surface area contributed by atoms with Gasteiger partial charge in [-0.25, -0.2) is 9.69 Å². The molecule has 0 aromatic heterocycles. The number of ether oxygens (including phenoxy) is 1. The lowest BCUT2D eigenvalue weighted by Crippen LogP contribution is -2.43. The molecule has 88 valence electrons. The second kappa shape index (κ2) is 2.72. The van der Waals surface area contributed by atoms with Crippen molar-refractivity contribution in [1.29, 1.82) is 0 Å². The Labute approximate surface area is 100 Å². The Balaban J connectivity index is 1.90. The van der Waals surface area contributed by atoms with Crippen molar-refractivity contribution < 1.29 is 9.53 Å². The molecule has 0 saturated carbocycles. The van der Waals surface area contributed by atoms with Crippen molar-refractivity contribution in [3.63, 3.8) is 0 Å². The predicted octanol–water partition coefficient (Wildman–Crippen LogP) is 1.88. The van der Waals surface area contributed by atoms with Gasteiger partial charge in [-0.2, -0.15) is 0 Å². The molecule has 17 heavy (non-hydrogen) atoms. The minimum absolute atomic E-state index is 0.0323. The Bertz CT molecular complexity index is 500. The largest absolute Gasteiger partial charge is 0.438 e. The van der Waals surface area contributed by atoms with Gasteiger partial charge in [0, 0.05) is 18.5 Å². The first-order chi connectivity index (χ1) is 8.18. The fourth-order valence-corrected chi connectivity index (χ4v) is 3.98. The molecule has 3 aliphatic heterocycles. The highest BCUT2D eigenvalue weighted by molar-refractivity contribution is 5.85. The van der Waals surface area contributed by atoms with E-state index in [1.54, 1.807) is 0 Å². The van der Waals surface area contributed by atoms with Crippen molar-refractivity contribution in [2.75, 3.05) is 6.54 Å². The lowest BCUT2D eigenvalue weighted by molar-refractivity contribution is -0.166. The van der Waals surface area contributed by atoms with E-state index in [2.05, 4.69) is 17.0 Å². The summed E-state index contributed by atoms with van der Waals surface area (Å²) < 4.78 is 5.76. The molecule has 0 amide bonds. The van der Waals surface area contributed by atoms with E-state index in [1.807, 2.05) is 25.1 Å². The molecular weight excluding hydrogens is 214 g/mol. The average molecular weight is 229 g/mol. The van der Waals surface area contributed by atoms with Gasteiger partial charge >= 0.3 is 5.97 Å². The number of benzene rings is 1. The van der Waals surface area contributed by atoms with Crippen LogP contribution >= 0.6 is 0 Å². The van der Waals surface area contributed by atoms with Crippen molar-refractivity contribution in [3.05, 3.63) is 35.9 Å². The second-order valence-corrected chi connectivity index (χ2v) is 5.53. The third kappa shape index (κ3) is 0.879. The molecule has 4 rings (SSSR count). The number of carbonyl (C=O) groups excluding carboxylic acids is 1. The molecule has 3 nitrogen and oxygen atoms in total. The molecule has 3 heteroatoms. The Morgan fingerprint density at radius 1 is 1.35 bits per heavy atom. The molecule has 0 spiro atoms. The summed E-state index contributed by atoms with van der Waals surface area (Å²) in [6, 6.07) is 10.2. The molecule has 3 fully saturated rings. The number of hydrogen-bond acceptors (Lipinski definition) is 3. The fraction of sp³-hybridized carbons (Fsp3) is 0.500. The van der Waals surface area contributed by atoms with Gasteiger partial charge in [0.05, 0.1) is 0 Å². The third-order valence-corrected chi connectivity index (χ3v) is 4.92. The minimum atomic E-state index is -0.462. The Morgan fingerprint density at radius 2 is 2.12 bits per heavy atom. The van der Waals surface area contributed by atoms with Crippen LogP contribution in [0.5, 0.6) is 0 Å². The van der Waals surface area contributed by atoms with Crippen molar-refractivity contribution in [3.8, 4) is 0 Å². The molecule has 0 radical (unpaired) electrons. The normalized spacial score (nSPS) is 46.3. The first-order valence-electron chi connectivity index (χ1n) is 6.25. The first-order valence-corrected chi connectivity index (χ1v) is 6.25. The summed E-state index contributed by atoms with van der Waals surface area (Å²) >= 11 is 0. The maximum atomic E-state index is 12.1.